The number of fused-ring (bicyclic) bond motifs is 4. The van der Waals surface area contributed by atoms with Crippen LogP contribution in [-0.2, 0) is 4.79 Å². The first-order valence-electron chi connectivity index (χ1n) is 9.13. The molecule has 0 saturated carbocycles. The van der Waals surface area contributed by atoms with E-state index in [9.17, 15) is 9.59 Å². The number of hydrogen-bond acceptors (Lipinski definition) is 3. The van der Waals surface area contributed by atoms with Crippen LogP contribution in [0.25, 0.3) is 0 Å². The molecule has 3 heterocycles. The summed E-state index contributed by atoms with van der Waals surface area (Å²) in [5.41, 5.74) is 0.774. The first-order chi connectivity index (χ1) is 12.1. The molecular weight excluding hydrogens is 318 g/mol. The van der Waals surface area contributed by atoms with E-state index in [2.05, 4.69) is 10.2 Å². The van der Waals surface area contributed by atoms with Crippen LogP contribution in [0.3, 0.4) is 0 Å². The molecule has 2 bridgehead atoms. The lowest BCUT2D eigenvalue weighted by atomic mass is 9.76. The summed E-state index contributed by atoms with van der Waals surface area (Å²) >= 11 is 0. The molecule has 0 spiro atoms. The standard InChI is InChI=1S/C19H25N3O3/c1-25-16-7-5-15(6-8-16)20-19(24)21-10-13-9-14(12-21)17-3-2-4-18(23)22(17)11-13/h5-8,13-14,17H,2-4,9-12H2,1H3,(H,20,24)/t13-,14-,17-/m1/s1. The second-order valence-electron chi connectivity index (χ2n) is 7.43. The number of benzene rings is 1. The van der Waals surface area contributed by atoms with Gasteiger partial charge in [-0.15, -0.1) is 0 Å². The van der Waals surface area contributed by atoms with Gasteiger partial charge in [-0.1, -0.05) is 0 Å². The Morgan fingerprint density at radius 3 is 2.76 bits per heavy atom. The van der Waals surface area contributed by atoms with Gasteiger partial charge in [0, 0.05) is 37.8 Å². The average molecular weight is 343 g/mol. The molecule has 0 unspecified atom stereocenters. The summed E-state index contributed by atoms with van der Waals surface area (Å²) in [4.78, 5) is 28.9. The Bertz CT molecular complexity index is 660. The number of anilines is 1. The minimum absolute atomic E-state index is 0.0459. The van der Waals surface area contributed by atoms with E-state index in [0.717, 1.165) is 50.3 Å². The Morgan fingerprint density at radius 1 is 1.20 bits per heavy atom. The maximum atomic E-state index is 12.7. The summed E-state index contributed by atoms with van der Waals surface area (Å²) in [6.07, 6.45) is 3.90. The van der Waals surface area contributed by atoms with Crippen molar-refractivity contribution in [2.24, 2.45) is 11.8 Å². The van der Waals surface area contributed by atoms with Crippen LogP contribution >= 0.6 is 0 Å². The zero-order chi connectivity index (χ0) is 17.4. The van der Waals surface area contributed by atoms with Gasteiger partial charge in [0.15, 0.2) is 0 Å². The van der Waals surface area contributed by atoms with Crippen molar-refractivity contribution in [2.45, 2.75) is 31.7 Å². The highest BCUT2D eigenvalue weighted by Crippen LogP contribution is 2.38. The highest BCUT2D eigenvalue weighted by Gasteiger charge is 2.44. The number of likely N-dealkylation sites (tertiary alicyclic amines) is 1. The summed E-state index contributed by atoms with van der Waals surface area (Å²) < 4.78 is 5.14. The van der Waals surface area contributed by atoms with Crippen LogP contribution in [-0.4, -0.2) is 54.5 Å². The monoisotopic (exact) mass is 343 g/mol. The summed E-state index contributed by atoms with van der Waals surface area (Å²) in [6.45, 7) is 2.29. The normalized spacial score (nSPS) is 28.4. The molecule has 0 radical (unpaired) electrons. The molecule has 25 heavy (non-hydrogen) atoms. The molecule has 6 nitrogen and oxygen atoms in total. The SMILES string of the molecule is COc1ccc(NC(=O)N2C[C@H]3C[C@H](C2)[C@H]2CCCC(=O)N2C3)cc1. The van der Waals surface area contributed by atoms with E-state index in [4.69, 9.17) is 4.74 Å². The first kappa shape index (κ1) is 16.2. The molecule has 6 heteroatoms. The van der Waals surface area contributed by atoms with Crippen LogP contribution in [0.1, 0.15) is 25.7 Å². The number of piperidine rings is 3. The van der Waals surface area contributed by atoms with Crippen LogP contribution in [0.5, 0.6) is 5.75 Å². The van der Waals surface area contributed by atoms with Crippen LogP contribution in [0.2, 0.25) is 0 Å². The van der Waals surface area contributed by atoms with Crippen LogP contribution in [0.4, 0.5) is 10.5 Å². The summed E-state index contributed by atoms with van der Waals surface area (Å²) in [5, 5.41) is 2.98. The molecule has 3 aliphatic rings. The number of methoxy groups -OCH3 is 1. The lowest BCUT2D eigenvalue weighted by Gasteiger charge is -2.52. The van der Waals surface area contributed by atoms with Crippen LogP contribution in [0, 0.1) is 11.8 Å². The molecule has 0 aromatic heterocycles. The Balaban J connectivity index is 1.42. The third kappa shape index (κ3) is 3.17. The molecule has 3 fully saturated rings. The van der Waals surface area contributed by atoms with Gasteiger partial charge >= 0.3 is 6.03 Å². The van der Waals surface area contributed by atoms with Crippen molar-refractivity contribution in [1.29, 1.82) is 0 Å². The number of carbonyl (C=O) groups is 2. The molecule has 3 aliphatic heterocycles. The number of rotatable bonds is 2. The third-order valence-electron chi connectivity index (χ3n) is 5.81. The smallest absolute Gasteiger partial charge is 0.321 e. The number of nitrogens with one attached hydrogen (secondary N) is 1. The van der Waals surface area contributed by atoms with E-state index >= 15 is 0 Å². The van der Waals surface area contributed by atoms with Crippen molar-refractivity contribution >= 4 is 17.6 Å². The zero-order valence-corrected chi connectivity index (χ0v) is 14.6. The van der Waals surface area contributed by atoms with E-state index < -0.39 is 0 Å². The number of carbonyl (C=O) groups excluding carboxylic acids is 2. The first-order valence-corrected chi connectivity index (χ1v) is 9.13. The van der Waals surface area contributed by atoms with Crippen molar-refractivity contribution in [3.63, 3.8) is 0 Å². The predicted molar refractivity (Wildman–Crippen MR) is 94.5 cm³/mol. The molecule has 1 aromatic rings. The van der Waals surface area contributed by atoms with Gasteiger partial charge in [-0.05, 0) is 55.4 Å². The van der Waals surface area contributed by atoms with Crippen molar-refractivity contribution < 1.29 is 14.3 Å². The largest absolute Gasteiger partial charge is 0.497 e. The van der Waals surface area contributed by atoms with Crippen molar-refractivity contribution in [3.8, 4) is 5.75 Å². The third-order valence-corrected chi connectivity index (χ3v) is 5.81. The fraction of sp³-hybridized carbons (Fsp3) is 0.579. The van der Waals surface area contributed by atoms with E-state index in [1.54, 1.807) is 7.11 Å². The van der Waals surface area contributed by atoms with Gasteiger partial charge < -0.3 is 19.9 Å². The molecule has 1 N–H and O–H groups in total. The second kappa shape index (κ2) is 6.58. The second-order valence-corrected chi connectivity index (χ2v) is 7.43. The van der Waals surface area contributed by atoms with E-state index in [0.29, 0.717) is 30.2 Å². The van der Waals surface area contributed by atoms with E-state index in [1.165, 1.54) is 0 Å². The predicted octanol–water partition coefficient (Wildman–Crippen LogP) is 2.56. The lowest BCUT2D eigenvalue weighted by Crippen LogP contribution is -2.61. The van der Waals surface area contributed by atoms with E-state index in [-0.39, 0.29) is 6.03 Å². The van der Waals surface area contributed by atoms with Crippen molar-refractivity contribution in [1.82, 2.24) is 9.80 Å². The molecule has 3 amide bonds. The minimum Gasteiger partial charge on any atom is -0.497 e. The number of amides is 3. The molecule has 134 valence electrons. The maximum Gasteiger partial charge on any atom is 0.321 e. The Hall–Kier alpha value is -2.24. The van der Waals surface area contributed by atoms with Gasteiger partial charge in [0.2, 0.25) is 5.91 Å². The maximum absolute atomic E-state index is 12.7. The van der Waals surface area contributed by atoms with Gasteiger partial charge in [-0.2, -0.15) is 0 Å². The minimum atomic E-state index is -0.0459. The molecule has 1 aromatic carbocycles. The molecule has 3 saturated heterocycles. The van der Waals surface area contributed by atoms with Gasteiger partial charge in [-0.25, -0.2) is 4.79 Å². The quantitative estimate of drug-likeness (QED) is 0.898. The van der Waals surface area contributed by atoms with Crippen molar-refractivity contribution in [2.75, 3.05) is 32.1 Å². The topological polar surface area (TPSA) is 61.9 Å². The summed E-state index contributed by atoms with van der Waals surface area (Å²) in [5.74, 6) is 1.90. The fourth-order valence-electron chi connectivity index (χ4n) is 4.65. The molecule has 4 rings (SSSR count). The van der Waals surface area contributed by atoms with Gasteiger partial charge in [0.25, 0.3) is 0 Å². The number of ether oxygens (including phenoxy) is 1. The summed E-state index contributed by atoms with van der Waals surface area (Å²) in [6, 6.07) is 7.66. The number of urea groups is 1. The van der Waals surface area contributed by atoms with Gasteiger partial charge in [-0.3, -0.25) is 4.79 Å². The fourth-order valence-corrected chi connectivity index (χ4v) is 4.65. The Labute approximate surface area is 148 Å². The highest BCUT2D eigenvalue weighted by atomic mass is 16.5. The Morgan fingerprint density at radius 2 is 2.00 bits per heavy atom. The molecule has 3 atom stereocenters. The van der Waals surface area contributed by atoms with Crippen LogP contribution in [0.15, 0.2) is 24.3 Å². The molecule has 0 aliphatic carbocycles. The average Bonchev–Trinajstić information content (AvgIpc) is 2.63. The van der Waals surface area contributed by atoms with E-state index in [1.807, 2.05) is 29.2 Å². The van der Waals surface area contributed by atoms with Gasteiger partial charge in [0.05, 0.1) is 7.11 Å². The number of hydrogen-bond donors (Lipinski definition) is 1. The lowest BCUT2D eigenvalue weighted by molar-refractivity contribution is -0.144. The van der Waals surface area contributed by atoms with Crippen LogP contribution < -0.4 is 10.1 Å². The van der Waals surface area contributed by atoms with Crippen molar-refractivity contribution in [3.05, 3.63) is 24.3 Å². The van der Waals surface area contributed by atoms with Gasteiger partial charge in [0.1, 0.15) is 5.75 Å². The summed E-state index contributed by atoms with van der Waals surface area (Å²) in [7, 11) is 1.62. The highest BCUT2D eigenvalue weighted by molar-refractivity contribution is 5.89. The molecular formula is C19H25N3O3. The number of nitrogens with zero attached hydrogens (tertiary/aromatic N) is 2. The zero-order valence-electron chi connectivity index (χ0n) is 14.6. The Kier molecular flexibility index (Phi) is 4.27.